The summed E-state index contributed by atoms with van der Waals surface area (Å²) in [6.45, 7) is 3.68. The molecule has 0 aromatic carbocycles. The van der Waals surface area contributed by atoms with Crippen molar-refractivity contribution in [2.45, 2.75) is 0 Å². The van der Waals surface area contributed by atoms with Crippen LogP contribution in [-0.2, 0) is 4.79 Å². The van der Waals surface area contributed by atoms with Gasteiger partial charge in [-0.2, -0.15) is 0 Å². The van der Waals surface area contributed by atoms with Gasteiger partial charge in [-0.15, -0.1) is 0 Å². The highest BCUT2D eigenvalue weighted by Crippen LogP contribution is 2.17. The van der Waals surface area contributed by atoms with E-state index in [0.29, 0.717) is 19.6 Å². The van der Waals surface area contributed by atoms with E-state index < -0.39 is 0 Å². The van der Waals surface area contributed by atoms with E-state index in [2.05, 4.69) is 14.9 Å². The maximum Gasteiger partial charge on any atom is 0.282 e. The fraction of sp³-hybridized carbons (Fsp3) is 0.538. The molecule has 2 aliphatic heterocycles. The van der Waals surface area contributed by atoms with Crippen molar-refractivity contribution < 1.29 is 9.59 Å². The van der Waals surface area contributed by atoms with Crippen LogP contribution < -0.4 is 4.90 Å². The van der Waals surface area contributed by atoms with Crippen LogP contribution in [0.5, 0.6) is 0 Å². The zero-order valence-electron chi connectivity index (χ0n) is 11.6. The van der Waals surface area contributed by atoms with Gasteiger partial charge in [0.2, 0.25) is 5.91 Å². The minimum Gasteiger partial charge on any atom is -0.352 e. The molecule has 21 heavy (non-hydrogen) atoms. The van der Waals surface area contributed by atoms with Crippen LogP contribution >= 0.6 is 11.8 Å². The Hall–Kier alpha value is -1.83. The average Bonchev–Trinajstić information content (AvgIpc) is 2.93. The van der Waals surface area contributed by atoms with Gasteiger partial charge in [0.25, 0.3) is 5.24 Å². The van der Waals surface area contributed by atoms with Gasteiger partial charge < -0.3 is 14.7 Å². The van der Waals surface area contributed by atoms with Crippen LogP contribution in [0.2, 0.25) is 0 Å². The lowest BCUT2D eigenvalue weighted by Crippen LogP contribution is -2.51. The molecule has 8 heteroatoms. The molecule has 2 fully saturated rings. The first kappa shape index (κ1) is 14.1. The number of carbonyl (C=O) groups excluding carboxylic acids is 2. The third-order valence-corrected chi connectivity index (χ3v) is 4.57. The molecule has 2 amide bonds. The van der Waals surface area contributed by atoms with Crippen molar-refractivity contribution in [1.82, 2.24) is 19.8 Å². The summed E-state index contributed by atoms with van der Waals surface area (Å²) in [6.07, 6.45) is 5.05. The van der Waals surface area contributed by atoms with Crippen molar-refractivity contribution in [2.75, 3.05) is 49.9 Å². The minimum atomic E-state index is 0.0153. The Morgan fingerprint density at radius 3 is 2.62 bits per heavy atom. The van der Waals surface area contributed by atoms with Crippen molar-refractivity contribution in [2.24, 2.45) is 0 Å². The van der Waals surface area contributed by atoms with Gasteiger partial charge in [-0.05, 0) is 0 Å². The van der Waals surface area contributed by atoms with E-state index in [4.69, 9.17) is 0 Å². The number of hydrogen-bond acceptors (Lipinski definition) is 6. The second-order valence-electron chi connectivity index (χ2n) is 4.97. The van der Waals surface area contributed by atoms with Gasteiger partial charge in [-0.25, -0.2) is 4.98 Å². The summed E-state index contributed by atoms with van der Waals surface area (Å²) in [5, 5.41) is 0.0153. The van der Waals surface area contributed by atoms with Crippen LogP contribution in [0.3, 0.4) is 0 Å². The molecule has 112 valence electrons. The van der Waals surface area contributed by atoms with E-state index in [9.17, 15) is 9.59 Å². The maximum absolute atomic E-state index is 12.2. The SMILES string of the molecule is O=C(CN1CCSC1=O)N1CCN(c2cnccn2)CC1. The summed E-state index contributed by atoms with van der Waals surface area (Å²) in [5.41, 5.74) is 0. The van der Waals surface area contributed by atoms with E-state index >= 15 is 0 Å². The Kier molecular flexibility index (Phi) is 4.23. The van der Waals surface area contributed by atoms with Crippen LogP contribution in [-0.4, -0.2) is 75.9 Å². The van der Waals surface area contributed by atoms with Crippen molar-refractivity contribution >= 4 is 28.7 Å². The smallest absolute Gasteiger partial charge is 0.282 e. The number of piperazine rings is 1. The summed E-state index contributed by atoms with van der Waals surface area (Å²) >= 11 is 1.28. The molecule has 0 spiro atoms. The van der Waals surface area contributed by atoms with Crippen molar-refractivity contribution in [3.63, 3.8) is 0 Å². The highest BCUT2D eigenvalue weighted by Gasteiger charge is 2.27. The molecule has 2 saturated heterocycles. The van der Waals surface area contributed by atoms with E-state index in [1.807, 2.05) is 4.90 Å². The fourth-order valence-electron chi connectivity index (χ4n) is 2.47. The average molecular weight is 307 g/mol. The molecular formula is C13H17N5O2S. The normalized spacial score (nSPS) is 19.2. The van der Waals surface area contributed by atoms with Crippen LogP contribution in [0.25, 0.3) is 0 Å². The molecule has 0 aliphatic carbocycles. The molecule has 7 nitrogen and oxygen atoms in total. The third-order valence-electron chi connectivity index (χ3n) is 3.68. The second-order valence-corrected chi connectivity index (χ2v) is 6.01. The number of carbonyl (C=O) groups is 2. The number of rotatable bonds is 3. The van der Waals surface area contributed by atoms with Crippen molar-refractivity contribution in [1.29, 1.82) is 0 Å². The Labute approximate surface area is 127 Å². The molecule has 0 bridgehead atoms. The summed E-state index contributed by atoms with van der Waals surface area (Å²) in [6, 6.07) is 0. The molecule has 3 heterocycles. The molecule has 0 radical (unpaired) electrons. The standard InChI is InChI=1S/C13H17N5O2S/c19-12(10-18-7-8-21-13(18)20)17-5-3-16(4-6-17)11-9-14-1-2-15-11/h1-2,9H,3-8,10H2. The predicted molar refractivity (Wildman–Crippen MR) is 80.3 cm³/mol. The lowest BCUT2D eigenvalue weighted by atomic mass is 10.3. The Bertz CT molecular complexity index is 519. The summed E-state index contributed by atoms with van der Waals surface area (Å²) in [7, 11) is 0. The highest BCUT2D eigenvalue weighted by molar-refractivity contribution is 8.13. The van der Waals surface area contributed by atoms with Crippen LogP contribution in [0.15, 0.2) is 18.6 Å². The van der Waals surface area contributed by atoms with E-state index in [0.717, 1.165) is 24.7 Å². The minimum absolute atomic E-state index is 0.0153. The number of anilines is 1. The first-order valence-corrected chi connectivity index (χ1v) is 7.93. The number of amides is 2. The van der Waals surface area contributed by atoms with Crippen molar-refractivity contribution in [3.8, 4) is 0 Å². The topological polar surface area (TPSA) is 69.6 Å². The van der Waals surface area contributed by atoms with Gasteiger partial charge >= 0.3 is 0 Å². The first-order chi connectivity index (χ1) is 10.2. The van der Waals surface area contributed by atoms with Gasteiger partial charge in [-0.1, -0.05) is 11.8 Å². The van der Waals surface area contributed by atoms with Gasteiger partial charge in [0.1, 0.15) is 12.4 Å². The van der Waals surface area contributed by atoms with Gasteiger partial charge in [0, 0.05) is 50.9 Å². The molecule has 0 N–H and O–H groups in total. The molecule has 1 aromatic heterocycles. The van der Waals surface area contributed by atoms with Crippen molar-refractivity contribution in [3.05, 3.63) is 18.6 Å². The molecule has 3 rings (SSSR count). The molecule has 0 saturated carbocycles. The number of aromatic nitrogens is 2. The highest BCUT2D eigenvalue weighted by atomic mass is 32.2. The van der Waals surface area contributed by atoms with Gasteiger partial charge in [0.15, 0.2) is 0 Å². The zero-order valence-corrected chi connectivity index (χ0v) is 12.5. The monoisotopic (exact) mass is 307 g/mol. The summed E-state index contributed by atoms with van der Waals surface area (Å²) in [5.74, 6) is 1.66. The first-order valence-electron chi connectivity index (χ1n) is 6.94. The quantitative estimate of drug-likeness (QED) is 0.800. The molecule has 0 unspecified atom stereocenters. The second kappa shape index (κ2) is 6.30. The summed E-state index contributed by atoms with van der Waals surface area (Å²) < 4.78 is 0. The zero-order chi connectivity index (χ0) is 14.7. The van der Waals surface area contributed by atoms with E-state index in [-0.39, 0.29) is 17.7 Å². The molecule has 2 aliphatic rings. The lowest BCUT2D eigenvalue weighted by Gasteiger charge is -2.35. The van der Waals surface area contributed by atoms with Gasteiger partial charge in [-0.3, -0.25) is 14.6 Å². The predicted octanol–water partition coefficient (Wildman–Crippen LogP) is 0.294. The number of thioether (sulfide) groups is 1. The Morgan fingerprint density at radius 1 is 1.19 bits per heavy atom. The Morgan fingerprint density at radius 2 is 2.00 bits per heavy atom. The fourth-order valence-corrected chi connectivity index (χ4v) is 3.30. The number of nitrogens with zero attached hydrogens (tertiary/aromatic N) is 5. The maximum atomic E-state index is 12.2. The van der Waals surface area contributed by atoms with E-state index in [1.165, 1.54) is 11.8 Å². The number of hydrogen-bond donors (Lipinski definition) is 0. The largest absolute Gasteiger partial charge is 0.352 e. The Balaban J connectivity index is 1.51. The van der Waals surface area contributed by atoms with Crippen LogP contribution in [0.1, 0.15) is 0 Å². The molecule has 1 aromatic rings. The third kappa shape index (κ3) is 3.26. The molecule has 0 atom stereocenters. The summed E-state index contributed by atoms with van der Waals surface area (Å²) in [4.78, 5) is 37.6. The molecular weight excluding hydrogens is 290 g/mol. The van der Waals surface area contributed by atoms with Crippen LogP contribution in [0.4, 0.5) is 10.6 Å². The van der Waals surface area contributed by atoms with Gasteiger partial charge in [0.05, 0.1) is 6.20 Å². The lowest BCUT2D eigenvalue weighted by molar-refractivity contribution is -0.131. The van der Waals surface area contributed by atoms with E-state index in [1.54, 1.807) is 23.5 Å². The van der Waals surface area contributed by atoms with Crippen LogP contribution in [0, 0.1) is 0 Å².